The first-order chi connectivity index (χ1) is 14.4. The lowest BCUT2D eigenvalue weighted by atomic mass is 9.97. The average Bonchev–Trinajstić information content (AvgIpc) is 2.75. The summed E-state index contributed by atoms with van der Waals surface area (Å²) in [4.78, 5) is 10.6. The van der Waals surface area contributed by atoms with Crippen LogP contribution in [0.25, 0.3) is 0 Å². The van der Waals surface area contributed by atoms with E-state index in [-0.39, 0.29) is 10.8 Å². The number of nitriles is 1. The van der Waals surface area contributed by atoms with Gasteiger partial charge in [-0.2, -0.15) is 5.26 Å². The molecule has 1 aliphatic rings. The molecular weight excluding hydrogens is 402 g/mol. The molecule has 1 aliphatic heterocycles. The molecule has 1 fully saturated rings. The van der Waals surface area contributed by atoms with Crippen molar-refractivity contribution in [1.29, 1.82) is 5.26 Å². The Morgan fingerprint density at radius 3 is 2.43 bits per heavy atom. The van der Waals surface area contributed by atoms with E-state index in [1.165, 1.54) is 6.20 Å². The predicted molar refractivity (Wildman–Crippen MR) is 114 cm³/mol. The molecule has 0 aliphatic carbocycles. The quantitative estimate of drug-likeness (QED) is 0.720. The first kappa shape index (κ1) is 22.0. The third-order valence-corrected chi connectivity index (χ3v) is 6.70. The minimum Gasteiger partial charge on any atom is -0.493 e. The molecule has 0 unspecified atom stereocenters. The molecule has 0 atom stereocenters. The van der Waals surface area contributed by atoms with Crippen LogP contribution in [0.3, 0.4) is 0 Å². The van der Waals surface area contributed by atoms with Gasteiger partial charge in [0.1, 0.15) is 11.8 Å². The van der Waals surface area contributed by atoms with E-state index in [9.17, 15) is 13.7 Å². The molecule has 0 radical (unpaired) electrons. The number of aryl methyl sites for hydroxylation is 2. The van der Waals surface area contributed by atoms with Gasteiger partial charge in [-0.1, -0.05) is 0 Å². The number of rotatable bonds is 7. The number of sulfonamides is 1. The Bertz CT molecular complexity index is 1020. The molecule has 0 bridgehead atoms. The Hall–Kier alpha value is -2.70. The maximum atomic E-state index is 12.8. The van der Waals surface area contributed by atoms with E-state index in [0.29, 0.717) is 37.8 Å². The van der Waals surface area contributed by atoms with Crippen LogP contribution in [0.1, 0.15) is 36.6 Å². The second-order valence-electron chi connectivity index (χ2n) is 7.44. The van der Waals surface area contributed by atoms with Crippen molar-refractivity contribution in [3.05, 3.63) is 41.3 Å². The van der Waals surface area contributed by atoms with Crippen molar-refractivity contribution >= 4 is 15.8 Å². The monoisotopic (exact) mass is 429 g/mol. The maximum absolute atomic E-state index is 12.8. The molecule has 0 amide bonds. The number of hydrogen-bond acceptors (Lipinski definition) is 7. The lowest BCUT2D eigenvalue weighted by Crippen LogP contribution is -2.39. The second kappa shape index (κ2) is 9.41. The molecule has 30 heavy (non-hydrogen) atoms. The average molecular weight is 430 g/mol. The fraction of sp³-hybridized carbons (Fsp3) is 0.476. The van der Waals surface area contributed by atoms with E-state index >= 15 is 0 Å². The minimum atomic E-state index is -3.60. The Kier molecular flexibility index (Phi) is 6.90. The first-order valence-electron chi connectivity index (χ1n) is 10.1. The summed E-state index contributed by atoms with van der Waals surface area (Å²) in [5.74, 6) is 1.56. The maximum Gasteiger partial charge on any atom is 0.240 e. The molecule has 160 valence electrons. The molecule has 2 heterocycles. The predicted octanol–water partition coefficient (Wildman–Crippen LogP) is 2.56. The van der Waals surface area contributed by atoms with Crippen LogP contribution in [-0.4, -0.2) is 44.6 Å². The van der Waals surface area contributed by atoms with Gasteiger partial charge >= 0.3 is 0 Å². The molecule has 3 rings (SSSR count). The fourth-order valence-electron chi connectivity index (χ4n) is 3.74. The second-order valence-corrected chi connectivity index (χ2v) is 9.21. The molecule has 0 spiro atoms. The summed E-state index contributed by atoms with van der Waals surface area (Å²) >= 11 is 0. The lowest BCUT2D eigenvalue weighted by molar-refractivity contribution is 0.335. The van der Waals surface area contributed by atoms with Crippen LogP contribution in [-0.2, 0) is 10.0 Å². The van der Waals surface area contributed by atoms with E-state index in [4.69, 9.17) is 4.74 Å². The summed E-state index contributed by atoms with van der Waals surface area (Å²) in [5, 5.41) is 9.21. The third kappa shape index (κ3) is 4.89. The zero-order valence-corrected chi connectivity index (χ0v) is 18.4. The van der Waals surface area contributed by atoms with Crippen LogP contribution in [0, 0.1) is 31.1 Å². The summed E-state index contributed by atoms with van der Waals surface area (Å²) in [6.07, 6.45) is 4.71. The van der Waals surface area contributed by atoms with Crippen LogP contribution in [0.15, 0.2) is 29.4 Å². The van der Waals surface area contributed by atoms with Gasteiger partial charge in [0.25, 0.3) is 0 Å². The van der Waals surface area contributed by atoms with E-state index < -0.39 is 10.0 Å². The van der Waals surface area contributed by atoms with Gasteiger partial charge < -0.3 is 9.64 Å². The number of ether oxygens (including phenoxy) is 1. The highest BCUT2D eigenvalue weighted by Gasteiger charge is 2.25. The summed E-state index contributed by atoms with van der Waals surface area (Å²) in [6, 6.07) is 5.38. The molecule has 9 heteroatoms. The van der Waals surface area contributed by atoms with Crippen molar-refractivity contribution < 1.29 is 13.2 Å². The van der Waals surface area contributed by atoms with E-state index in [1.807, 2.05) is 25.7 Å². The van der Waals surface area contributed by atoms with Crippen molar-refractivity contribution in [3.8, 4) is 11.8 Å². The fourth-order valence-corrected chi connectivity index (χ4v) is 5.02. The van der Waals surface area contributed by atoms with E-state index in [2.05, 4.69) is 20.8 Å². The molecule has 2 aromatic rings. The van der Waals surface area contributed by atoms with Gasteiger partial charge in [-0.3, -0.25) is 0 Å². The van der Waals surface area contributed by atoms with Gasteiger partial charge in [0.05, 0.1) is 11.5 Å². The number of benzene rings is 1. The smallest absolute Gasteiger partial charge is 0.240 e. The summed E-state index contributed by atoms with van der Waals surface area (Å²) < 4.78 is 34.0. The molecule has 1 N–H and O–H groups in total. The van der Waals surface area contributed by atoms with Crippen LogP contribution in [0.5, 0.6) is 5.75 Å². The number of anilines is 1. The molecule has 1 aromatic carbocycles. The number of nitrogens with one attached hydrogen (secondary N) is 1. The van der Waals surface area contributed by atoms with Crippen molar-refractivity contribution in [2.75, 3.05) is 31.1 Å². The molecule has 0 saturated carbocycles. The zero-order chi connectivity index (χ0) is 21.7. The Labute approximate surface area is 178 Å². The van der Waals surface area contributed by atoms with Gasteiger partial charge in [-0.25, -0.2) is 23.1 Å². The summed E-state index contributed by atoms with van der Waals surface area (Å²) in [5.41, 5.74) is 1.93. The molecule has 1 aromatic heterocycles. The SMILES string of the molecule is CCOc1c(C)cc(S(=O)(=O)NCC2CCN(c3nccnc3C#N)CC2)cc1C. The Balaban J connectivity index is 1.61. The minimum absolute atomic E-state index is 0.225. The highest BCUT2D eigenvalue weighted by molar-refractivity contribution is 7.89. The van der Waals surface area contributed by atoms with Crippen molar-refractivity contribution in [2.45, 2.75) is 38.5 Å². The van der Waals surface area contributed by atoms with Crippen molar-refractivity contribution in [1.82, 2.24) is 14.7 Å². The normalized spacial score (nSPS) is 15.1. The van der Waals surface area contributed by atoms with Crippen LogP contribution in [0.4, 0.5) is 5.82 Å². The number of nitrogens with zero attached hydrogens (tertiary/aromatic N) is 4. The summed E-state index contributed by atoms with van der Waals surface area (Å²) in [7, 11) is -3.60. The van der Waals surface area contributed by atoms with Gasteiger partial charge in [0, 0.05) is 32.0 Å². The Morgan fingerprint density at radius 2 is 1.83 bits per heavy atom. The molecular formula is C21H27N5O3S. The van der Waals surface area contributed by atoms with Gasteiger partial charge in [-0.05, 0) is 62.8 Å². The van der Waals surface area contributed by atoms with Crippen LogP contribution >= 0.6 is 0 Å². The highest BCUT2D eigenvalue weighted by Crippen LogP contribution is 2.27. The van der Waals surface area contributed by atoms with Gasteiger partial charge in [0.2, 0.25) is 10.0 Å². The van der Waals surface area contributed by atoms with E-state index in [0.717, 1.165) is 29.7 Å². The van der Waals surface area contributed by atoms with E-state index in [1.54, 1.807) is 18.3 Å². The van der Waals surface area contributed by atoms with Crippen molar-refractivity contribution in [2.24, 2.45) is 5.92 Å². The number of aromatic nitrogens is 2. The Morgan fingerprint density at radius 1 is 1.20 bits per heavy atom. The zero-order valence-electron chi connectivity index (χ0n) is 17.6. The standard InChI is InChI=1S/C21H27N5O3S/c1-4-29-20-15(2)11-18(12-16(20)3)30(27,28)25-14-17-5-9-26(10-6-17)21-19(13-22)23-7-8-24-21/h7-8,11-12,17,25H,4-6,9-10,14H2,1-3H3. The van der Waals surface area contributed by atoms with Crippen molar-refractivity contribution in [3.63, 3.8) is 0 Å². The number of hydrogen-bond donors (Lipinski definition) is 1. The molecule has 1 saturated heterocycles. The lowest BCUT2D eigenvalue weighted by Gasteiger charge is -2.32. The van der Waals surface area contributed by atoms with Gasteiger partial charge in [-0.15, -0.1) is 0 Å². The molecule has 8 nitrogen and oxygen atoms in total. The van der Waals surface area contributed by atoms with Crippen LogP contribution < -0.4 is 14.4 Å². The highest BCUT2D eigenvalue weighted by atomic mass is 32.2. The van der Waals surface area contributed by atoms with Crippen LogP contribution in [0.2, 0.25) is 0 Å². The van der Waals surface area contributed by atoms with Gasteiger partial charge in [0.15, 0.2) is 11.5 Å². The first-order valence-corrected chi connectivity index (χ1v) is 11.5. The third-order valence-electron chi connectivity index (χ3n) is 5.29. The summed E-state index contributed by atoms with van der Waals surface area (Å²) in [6.45, 7) is 7.95. The number of piperidine rings is 1. The largest absolute Gasteiger partial charge is 0.493 e. The topological polar surface area (TPSA) is 108 Å².